The van der Waals surface area contributed by atoms with Crippen molar-refractivity contribution in [2.24, 2.45) is 10.1 Å². The third-order valence-electron chi connectivity index (χ3n) is 6.18. The Kier molecular flexibility index (Phi) is 6.29. The van der Waals surface area contributed by atoms with Crippen LogP contribution in [0.2, 0.25) is 0 Å². The quantitative estimate of drug-likeness (QED) is 0.587. The van der Waals surface area contributed by atoms with E-state index in [-0.39, 0.29) is 22.7 Å². The average molecular weight is 450 g/mol. The third kappa shape index (κ3) is 4.18. The van der Waals surface area contributed by atoms with Crippen LogP contribution in [0.25, 0.3) is 0 Å². The van der Waals surface area contributed by atoms with Crippen LogP contribution in [-0.4, -0.2) is 50.1 Å². The zero-order valence-electron chi connectivity index (χ0n) is 17.8. The van der Waals surface area contributed by atoms with Crippen molar-refractivity contribution in [1.82, 2.24) is 4.90 Å². The van der Waals surface area contributed by atoms with E-state index in [9.17, 15) is 13.4 Å². The number of carbonyl (C=O) groups excluding carboxylic acids is 1. The molecule has 0 saturated carbocycles. The van der Waals surface area contributed by atoms with Gasteiger partial charge >= 0.3 is 11.9 Å². The second kappa shape index (κ2) is 8.96. The molecular formula is C21H28FN5O3S. The Morgan fingerprint density at radius 1 is 1.23 bits per heavy atom. The summed E-state index contributed by atoms with van der Waals surface area (Å²) in [5.74, 6) is 0.152. The van der Waals surface area contributed by atoms with Crippen LogP contribution < -0.4 is 16.0 Å². The van der Waals surface area contributed by atoms with Crippen molar-refractivity contribution in [3.05, 3.63) is 39.2 Å². The van der Waals surface area contributed by atoms with E-state index in [1.165, 1.54) is 0 Å². The Morgan fingerprint density at radius 2 is 1.84 bits per heavy atom. The van der Waals surface area contributed by atoms with E-state index in [0.717, 1.165) is 43.0 Å². The highest BCUT2D eigenvalue weighted by Crippen LogP contribution is 2.40. The van der Waals surface area contributed by atoms with E-state index < -0.39 is 16.6 Å². The van der Waals surface area contributed by atoms with Crippen molar-refractivity contribution in [3.8, 4) is 0 Å². The van der Waals surface area contributed by atoms with Crippen molar-refractivity contribution in [3.63, 3.8) is 0 Å². The van der Waals surface area contributed by atoms with E-state index >= 15 is 0 Å². The molecule has 4 rings (SSSR count). The van der Waals surface area contributed by atoms with Crippen LogP contribution in [0, 0.1) is 5.82 Å². The normalized spacial score (nSPS) is 21.5. The highest BCUT2D eigenvalue weighted by Gasteiger charge is 2.29. The first-order valence-corrected chi connectivity index (χ1v) is 11.6. The Balaban J connectivity index is 1.56. The average Bonchev–Trinajstić information content (AvgIpc) is 3.42. The second-order valence-corrected chi connectivity index (χ2v) is 9.37. The lowest BCUT2D eigenvalue weighted by atomic mass is 9.98. The minimum atomic E-state index is -2.05. The summed E-state index contributed by atoms with van der Waals surface area (Å²) in [5.41, 5.74) is 9.40. The maximum absolute atomic E-state index is 14.8. The van der Waals surface area contributed by atoms with E-state index in [4.69, 9.17) is 10.5 Å². The SMILES string of the molecule is CN(C)C1C[NH+]=C(C(=CN)[S-](=O)=NC(=O)Nc2c3c(c(F)c4c2CCC4)CCC3)OC1. The summed E-state index contributed by atoms with van der Waals surface area (Å²) in [4.78, 5) is 17.8. The van der Waals surface area contributed by atoms with E-state index in [0.29, 0.717) is 42.8 Å². The molecule has 1 unspecified atom stereocenters. The zero-order chi connectivity index (χ0) is 22.1. The second-order valence-electron chi connectivity index (χ2n) is 8.25. The first-order chi connectivity index (χ1) is 14.9. The Morgan fingerprint density at radius 3 is 2.35 bits per heavy atom. The van der Waals surface area contributed by atoms with Gasteiger partial charge in [-0.1, -0.05) is 0 Å². The molecule has 4 N–H and O–H groups in total. The first kappa shape index (κ1) is 21.8. The van der Waals surface area contributed by atoms with Crippen LogP contribution in [0.15, 0.2) is 15.5 Å². The molecule has 0 fully saturated rings. The molecule has 0 bridgehead atoms. The molecule has 8 nitrogen and oxygen atoms in total. The molecule has 1 atom stereocenters. The van der Waals surface area contributed by atoms with Gasteiger partial charge in [-0.25, -0.2) is 14.2 Å². The highest BCUT2D eigenvalue weighted by molar-refractivity contribution is 7.80. The number of likely N-dealkylation sites (N-methyl/N-ethyl adjacent to an activating group) is 1. The van der Waals surface area contributed by atoms with Gasteiger partial charge in [0.15, 0.2) is 6.54 Å². The number of carbonyl (C=O) groups is 1. The molecule has 1 aliphatic heterocycles. The Labute approximate surface area is 182 Å². The summed E-state index contributed by atoms with van der Waals surface area (Å²) in [5, 5.41) is 2.79. The van der Waals surface area contributed by atoms with Crippen molar-refractivity contribution >= 4 is 28.2 Å². The fourth-order valence-corrected chi connectivity index (χ4v) is 5.20. The van der Waals surface area contributed by atoms with Gasteiger partial charge in [0.25, 0.3) is 0 Å². The van der Waals surface area contributed by atoms with Gasteiger partial charge in [0.1, 0.15) is 18.5 Å². The van der Waals surface area contributed by atoms with Crippen LogP contribution in [0.3, 0.4) is 0 Å². The Hall–Kier alpha value is -2.46. The summed E-state index contributed by atoms with van der Waals surface area (Å²) < 4.78 is 37.0. The lowest BCUT2D eigenvalue weighted by molar-refractivity contribution is -0.484. The minimum absolute atomic E-state index is 0.111. The lowest BCUT2D eigenvalue weighted by Crippen LogP contribution is -2.81. The van der Waals surface area contributed by atoms with Gasteiger partial charge in [-0.2, -0.15) is 0 Å². The fourth-order valence-electron chi connectivity index (χ4n) is 4.50. The number of anilines is 1. The number of rotatable bonds is 4. The number of hydrogen-bond acceptors (Lipinski definition) is 6. The third-order valence-corrected chi connectivity index (χ3v) is 7.21. The molecule has 10 heteroatoms. The number of halogens is 1. The number of amides is 2. The lowest BCUT2D eigenvalue weighted by Gasteiger charge is -2.24. The monoisotopic (exact) mass is 449 g/mol. The van der Waals surface area contributed by atoms with E-state index in [1.54, 1.807) is 0 Å². The van der Waals surface area contributed by atoms with Crippen molar-refractivity contribution < 1.29 is 23.1 Å². The molecule has 2 aliphatic carbocycles. The molecular weight excluding hydrogens is 421 g/mol. The number of hydrogen-bond donors (Lipinski definition) is 3. The molecule has 31 heavy (non-hydrogen) atoms. The summed E-state index contributed by atoms with van der Waals surface area (Å²) in [6, 6.07) is -0.575. The molecule has 168 valence electrons. The van der Waals surface area contributed by atoms with Gasteiger partial charge < -0.3 is 24.4 Å². The van der Waals surface area contributed by atoms with Gasteiger partial charge in [0, 0.05) is 10.6 Å². The molecule has 0 saturated heterocycles. The number of nitrogens with two attached hydrogens (primary N) is 1. The maximum Gasteiger partial charge on any atom is 0.346 e. The summed E-state index contributed by atoms with van der Waals surface area (Å²) in [6.45, 7) is 1.00. The largest absolute Gasteiger partial charge is 0.444 e. The van der Waals surface area contributed by atoms with Crippen LogP contribution in [0.5, 0.6) is 0 Å². The maximum atomic E-state index is 14.8. The topological polar surface area (TPSA) is 111 Å². The van der Waals surface area contributed by atoms with Gasteiger partial charge in [0.05, 0.1) is 0 Å². The van der Waals surface area contributed by atoms with Crippen LogP contribution >= 0.6 is 0 Å². The van der Waals surface area contributed by atoms with Gasteiger partial charge in [-0.15, -0.1) is 10.6 Å². The first-order valence-electron chi connectivity index (χ1n) is 10.5. The van der Waals surface area contributed by atoms with Gasteiger partial charge in [-0.05, 0) is 81.1 Å². The summed E-state index contributed by atoms with van der Waals surface area (Å²) in [7, 11) is 1.85. The fraction of sp³-hybridized carbons (Fsp3) is 0.524. The zero-order valence-corrected chi connectivity index (χ0v) is 18.6. The number of fused-ring (bicyclic) bond motifs is 2. The molecule has 2 amide bonds. The predicted molar refractivity (Wildman–Crippen MR) is 116 cm³/mol. The predicted octanol–water partition coefficient (Wildman–Crippen LogP) is 0.722. The Bertz CT molecular complexity index is 1020. The van der Waals surface area contributed by atoms with Crippen molar-refractivity contribution in [2.45, 2.75) is 44.6 Å². The highest BCUT2D eigenvalue weighted by atomic mass is 32.2. The molecule has 1 aromatic carbocycles. The number of nitrogens with zero attached hydrogens (tertiary/aromatic N) is 2. The minimum Gasteiger partial charge on any atom is -0.444 e. The van der Waals surface area contributed by atoms with E-state index in [2.05, 4.69) is 14.7 Å². The molecule has 1 heterocycles. The van der Waals surface area contributed by atoms with Crippen LogP contribution in [-0.2, 0) is 45.2 Å². The smallest absolute Gasteiger partial charge is 0.346 e. The number of benzene rings is 1. The summed E-state index contributed by atoms with van der Waals surface area (Å²) >= 11 is 0. The molecule has 0 spiro atoms. The van der Waals surface area contributed by atoms with Crippen LogP contribution in [0.4, 0.5) is 14.9 Å². The van der Waals surface area contributed by atoms with Crippen molar-refractivity contribution in [1.29, 1.82) is 0 Å². The summed E-state index contributed by atoms with van der Waals surface area (Å²) in [6.07, 6.45) is 5.64. The van der Waals surface area contributed by atoms with Gasteiger partial charge in [0.2, 0.25) is 0 Å². The molecule has 0 aromatic heterocycles. The standard InChI is InChI=1S/C21H27FN5O3S/c1-27(2)12-10-24-20(30-11-12)17(9-23)31(29)26-21(28)25-19-15-7-3-5-13(15)18(22)14-6-4-8-16(14)19/h9,12H,3-8,10-11,23H2,1-2H3,(H,25,28)/q-1/p+1. The van der Waals surface area contributed by atoms with Crippen molar-refractivity contribution in [2.75, 3.05) is 32.6 Å². The molecule has 0 radical (unpaired) electrons. The van der Waals surface area contributed by atoms with Crippen LogP contribution in [0.1, 0.15) is 35.1 Å². The van der Waals surface area contributed by atoms with Gasteiger partial charge in [-0.3, -0.25) is 4.90 Å². The molecule has 3 aliphatic rings. The number of nitrogens with one attached hydrogen (secondary N) is 2. The molecule has 1 aromatic rings. The number of ether oxygens (including phenoxy) is 1. The van der Waals surface area contributed by atoms with E-state index in [1.807, 2.05) is 19.0 Å². The number of urea groups is 1.